The van der Waals surface area contributed by atoms with Gasteiger partial charge in [0, 0.05) is 25.7 Å². The number of carbonyl (C=O) groups excluding carboxylic acids is 1. The van der Waals surface area contributed by atoms with E-state index in [9.17, 15) is 4.79 Å². The van der Waals surface area contributed by atoms with Gasteiger partial charge in [0.1, 0.15) is 5.82 Å². The Hall–Kier alpha value is -1.36. The molecule has 0 radical (unpaired) electrons. The van der Waals surface area contributed by atoms with Crippen molar-refractivity contribution in [3.05, 3.63) is 17.7 Å². The number of nitrogens with zero attached hydrogens (tertiary/aromatic N) is 4. The number of amides is 1. The van der Waals surface area contributed by atoms with Gasteiger partial charge in [0.15, 0.2) is 0 Å². The van der Waals surface area contributed by atoms with E-state index in [1.54, 1.807) is 4.57 Å². The smallest absolute Gasteiger partial charge is 0.315 e. The van der Waals surface area contributed by atoms with Crippen LogP contribution in [0.4, 0.5) is 4.79 Å². The monoisotopic (exact) mass is 274 g/mol. The van der Waals surface area contributed by atoms with Crippen molar-refractivity contribution in [2.75, 3.05) is 19.6 Å². The van der Waals surface area contributed by atoms with Crippen molar-refractivity contribution in [2.24, 2.45) is 5.92 Å². The van der Waals surface area contributed by atoms with Crippen molar-refractivity contribution in [2.45, 2.75) is 45.2 Å². The molecule has 0 spiro atoms. The van der Waals surface area contributed by atoms with E-state index in [0.29, 0.717) is 6.04 Å². The van der Waals surface area contributed by atoms with Crippen LogP contribution in [-0.2, 0) is 6.54 Å². The molecule has 0 N–H and O–H groups in total. The van der Waals surface area contributed by atoms with Crippen LogP contribution in [0.25, 0.3) is 0 Å². The number of aromatic nitrogens is 2. The molecule has 0 atom stereocenters. The maximum Gasteiger partial charge on any atom is 0.330 e. The number of imidazole rings is 1. The minimum atomic E-state index is 0.135. The lowest BCUT2D eigenvalue weighted by Crippen LogP contribution is -2.46. The molecule has 3 aliphatic rings. The molecule has 1 aliphatic carbocycles. The predicted molar refractivity (Wildman–Crippen MR) is 75.5 cm³/mol. The Morgan fingerprint density at radius 2 is 2.00 bits per heavy atom. The van der Waals surface area contributed by atoms with Crippen LogP contribution in [0, 0.1) is 12.8 Å². The Bertz CT molecular complexity index is 526. The molecule has 1 saturated heterocycles. The number of likely N-dealkylation sites (tertiary alicyclic amines) is 1. The van der Waals surface area contributed by atoms with E-state index in [4.69, 9.17) is 0 Å². The van der Waals surface area contributed by atoms with E-state index in [1.165, 1.54) is 19.4 Å². The van der Waals surface area contributed by atoms with E-state index >= 15 is 0 Å². The molecule has 108 valence electrons. The molecule has 20 heavy (non-hydrogen) atoms. The summed E-state index contributed by atoms with van der Waals surface area (Å²) < 4.78 is 1.77. The van der Waals surface area contributed by atoms with Crippen LogP contribution in [0.2, 0.25) is 0 Å². The van der Waals surface area contributed by atoms with Crippen LogP contribution in [0.15, 0.2) is 6.20 Å². The van der Waals surface area contributed by atoms with E-state index in [-0.39, 0.29) is 6.03 Å². The third-order valence-corrected chi connectivity index (χ3v) is 4.99. The highest BCUT2D eigenvalue weighted by atomic mass is 16.2. The van der Waals surface area contributed by atoms with Crippen molar-refractivity contribution in [1.82, 2.24) is 19.4 Å². The summed E-state index contributed by atoms with van der Waals surface area (Å²) in [6.07, 6.45) is 6.93. The van der Waals surface area contributed by atoms with Gasteiger partial charge < -0.3 is 9.80 Å². The van der Waals surface area contributed by atoms with Crippen LogP contribution >= 0.6 is 0 Å². The van der Waals surface area contributed by atoms with Gasteiger partial charge in [0.05, 0.1) is 18.4 Å². The third kappa shape index (κ3) is 2.04. The second-order valence-corrected chi connectivity index (χ2v) is 6.52. The quantitative estimate of drug-likeness (QED) is 0.844. The fraction of sp³-hybridized carbons (Fsp3) is 0.733. The summed E-state index contributed by atoms with van der Waals surface area (Å²) in [5.41, 5.74) is 1.05. The average molecular weight is 274 g/mol. The van der Waals surface area contributed by atoms with Crippen molar-refractivity contribution < 1.29 is 4.79 Å². The maximum absolute atomic E-state index is 12.5. The standard InChI is InChI=1S/C15H22N4O/c1-11-16-8-14-10-18(15(20)19(11)14)13-4-6-17(7-5-13)9-12-2-3-12/h8,12-13H,2-7,9-10H2,1H3. The molecule has 1 aromatic heterocycles. The van der Waals surface area contributed by atoms with E-state index in [2.05, 4.69) is 14.8 Å². The van der Waals surface area contributed by atoms with E-state index < -0.39 is 0 Å². The molecule has 0 bridgehead atoms. The normalized spacial score (nSPS) is 24.4. The van der Waals surface area contributed by atoms with Gasteiger partial charge >= 0.3 is 6.03 Å². The molecule has 4 rings (SSSR count). The van der Waals surface area contributed by atoms with Crippen LogP contribution in [0.3, 0.4) is 0 Å². The second-order valence-electron chi connectivity index (χ2n) is 6.52. The third-order valence-electron chi connectivity index (χ3n) is 4.99. The van der Waals surface area contributed by atoms with Gasteiger partial charge in [0.25, 0.3) is 0 Å². The SMILES string of the molecule is Cc1ncc2n1C(=O)N(C1CCN(CC3CC3)CC1)C2. The molecule has 1 amide bonds. The van der Waals surface area contributed by atoms with Gasteiger partial charge in [-0.2, -0.15) is 0 Å². The van der Waals surface area contributed by atoms with Crippen LogP contribution in [-0.4, -0.2) is 51.1 Å². The summed E-state index contributed by atoms with van der Waals surface area (Å²) in [7, 11) is 0. The fourth-order valence-electron chi connectivity index (χ4n) is 3.60. The minimum Gasteiger partial charge on any atom is -0.315 e. The van der Waals surface area contributed by atoms with Gasteiger partial charge in [-0.3, -0.25) is 4.57 Å². The van der Waals surface area contributed by atoms with Gasteiger partial charge in [-0.25, -0.2) is 9.78 Å². The number of hydrogen-bond donors (Lipinski definition) is 0. The molecule has 2 fully saturated rings. The molecular weight excluding hydrogens is 252 g/mol. The Kier molecular flexibility index (Phi) is 2.84. The molecule has 5 heteroatoms. The molecule has 1 aromatic rings. The maximum atomic E-state index is 12.5. The highest BCUT2D eigenvalue weighted by Gasteiger charge is 2.36. The van der Waals surface area contributed by atoms with Crippen LogP contribution < -0.4 is 0 Å². The summed E-state index contributed by atoms with van der Waals surface area (Å²) >= 11 is 0. The first-order valence-corrected chi connectivity index (χ1v) is 7.79. The summed E-state index contributed by atoms with van der Waals surface area (Å²) in [5, 5.41) is 0. The Morgan fingerprint density at radius 3 is 2.65 bits per heavy atom. The Morgan fingerprint density at radius 1 is 1.25 bits per heavy atom. The largest absolute Gasteiger partial charge is 0.330 e. The van der Waals surface area contributed by atoms with E-state index in [1.807, 2.05) is 13.1 Å². The lowest BCUT2D eigenvalue weighted by molar-refractivity contribution is 0.124. The highest BCUT2D eigenvalue weighted by molar-refractivity contribution is 5.81. The van der Waals surface area contributed by atoms with Crippen LogP contribution in [0.5, 0.6) is 0 Å². The summed E-state index contributed by atoms with van der Waals surface area (Å²) in [6, 6.07) is 0.549. The first-order chi connectivity index (χ1) is 9.72. The van der Waals surface area contributed by atoms with Crippen molar-refractivity contribution in [3.8, 4) is 0 Å². The van der Waals surface area contributed by atoms with E-state index in [0.717, 1.165) is 49.9 Å². The zero-order valence-corrected chi connectivity index (χ0v) is 12.1. The summed E-state index contributed by atoms with van der Waals surface area (Å²) in [6.45, 7) is 6.23. The zero-order chi connectivity index (χ0) is 13.7. The minimum absolute atomic E-state index is 0.135. The Labute approximate surface area is 119 Å². The summed E-state index contributed by atoms with van der Waals surface area (Å²) in [5.74, 6) is 1.79. The first kappa shape index (κ1) is 12.4. The average Bonchev–Trinajstić information content (AvgIpc) is 3.09. The number of rotatable bonds is 3. The van der Waals surface area contributed by atoms with Gasteiger partial charge in [-0.15, -0.1) is 0 Å². The number of aryl methyl sites for hydroxylation is 1. The zero-order valence-electron chi connectivity index (χ0n) is 12.1. The van der Waals surface area contributed by atoms with Gasteiger partial charge in [-0.1, -0.05) is 0 Å². The summed E-state index contributed by atoms with van der Waals surface area (Å²) in [4.78, 5) is 21.3. The van der Waals surface area contributed by atoms with Crippen molar-refractivity contribution in [3.63, 3.8) is 0 Å². The van der Waals surface area contributed by atoms with Crippen molar-refractivity contribution in [1.29, 1.82) is 0 Å². The molecule has 0 aromatic carbocycles. The Balaban J connectivity index is 1.39. The number of fused-ring (bicyclic) bond motifs is 1. The number of carbonyl (C=O) groups is 1. The van der Waals surface area contributed by atoms with Crippen LogP contribution in [0.1, 0.15) is 37.2 Å². The highest BCUT2D eigenvalue weighted by Crippen LogP contribution is 2.31. The molecule has 0 unspecified atom stereocenters. The van der Waals surface area contributed by atoms with Gasteiger partial charge in [-0.05, 0) is 38.5 Å². The van der Waals surface area contributed by atoms with Gasteiger partial charge in [0.2, 0.25) is 0 Å². The number of piperidine rings is 1. The topological polar surface area (TPSA) is 41.4 Å². The fourth-order valence-corrected chi connectivity index (χ4v) is 3.60. The molecule has 1 saturated carbocycles. The molecular formula is C15H22N4O. The molecule has 2 aliphatic heterocycles. The van der Waals surface area contributed by atoms with Crippen molar-refractivity contribution >= 4 is 6.03 Å². The number of hydrogen-bond acceptors (Lipinski definition) is 3. The second kappa shape index (κ2) is 4.58. The first-order valence-electron chi connectivity index (χ1n) is 7.79. The molecule has 3 heterocycles. The predicted octanol–water partition coefficient (Wildman–Crippen LogP) is 1.85. The lowest BCUT2D eigenvalue weighted by atomic mass is 10.0. The molecule has 5 nitrogen and oxygen atoms in total. The lowest BCUT2D eigenvalue weighted by Gasteiger charge is -2.36.